The zero-order chi connectivity index (χ0) is 12.5. The van der Waals surface area contributed by atoms with E-state index < -0.39 is 0 Å². The Bertz CT molecular complexity index is 791. The van der Waals surface area contributed by atoms with Gasteiger partial charge in [0.2, 0.25) is 0 Å². The zero-order valence-electron chi connectivity index (χ0n) is 10.0. The summed E-state index contributed by atoms with van der Waals surface area (Å²) in [6.07, 6.45) is 0. The first-order valence-electron chi connectivity index (χ1n) is 5.80. The molecule has 0 saturated carbocycles. The maximum Gasteiger partial charge on any atom is 0.194 e. The molecular weight excluding hydrogens is 224 g/mol. The lowest BCUT2D eigenvalue weighted by Gasteiger charge is -1.99. The highest BCUT2D eigenvalue weighted by molar-refractivity contribution is 5.97. The van der Waals surface area contributed by atoms with Gasteiger partial charge in [-0.25, -0.2) is 0 Å². The summed E-state index contributed by atoms with van der Waals surface area (Å²) >= 11 is 0. The van der Waals surface area contributed by atoms with E-state index in [1.807, 2.05) is 54.6 Å². The molecule has 0 N–H and O–H groups in total. The quantitative estimate of drug-likeness (QED) is 0.647. The largest absolute Gasteiger partial charge is 0.496 e. The molecule has 0 heterocycles. The van der Waals surface area contributed by atoms with Gasteiger partial charge in [-0.15, -0.1) is 0 Å². The van der Waals surface area contributed by atoms with Crippen molar-refractivity contribution in [1.82, 2.24) is 0 Å². The Hall–Kier alpha value is -2.35. The highest BCUT2D eigenvalue weighted by Gasteiger charge is 2.06. The van der Waals surface area contributed by atoms with E-state index in [4.69, 9.17) is 4.74 Å². The Labute approximate surface area is 104 Å². The molecule has 0 unspecified atom stereocenters. The fraction of sp³-hybridized carbons (Fsp3) is 0.0625. The SMILES string of the molecule is COc1cc2ccccc2c(=O)c2ccccc12. The standard InChI is InChI=1S/C16H12O2/c1-18-15-10-11-6-2-3-7-12(11)16(17)14-9-5-4-8-13(14)15/h2-10H,1H3. The van der Waals surface area contributed by atoms with E-state index in [9.17, 15) is 4.79 Å². The monoisotopic (exact) mass is 236 g/mol. The van der Waals surface area contributed by atoms with E-state index in [-0.39, 0.29) is 5.43 Å². The van der Waals surface area contributed by atoms with Crippen molar-refractivity contribution >= 4 is 21.5 Å². The second-order valence-corrected chi connectivity index (χ2v) is 4.17. The third kappa shape index (κ3) is 1.54. The first-order chi connectivity index (χ1) is 8.81. The van der Waals surface area contributed by atoms with Crippen LogP contribution in [0.3, 0.4) is 0 Å². The summed E-state index contributed by atoms with van der Waals surface area (Å²) in [6.45, 7) is 0. The van der Waals surface area contributed by atoms with Crippen molar-refractivity contribution in [3.8, 4) is 5.75 Å². The van der Waals surface area contributed by atoms with Gasteiger partial charge in [-0.2, -0.15) is 0 Å². The Morgan fingerprint density at radius 3 is 2.17 bits per heavy atom. The van der Waals surface area contributed by atoms with Gasteiger partial charge in [0.25, 0.3) is 0 Å². The molecule has 3 aromatic rings. The molecule has 3 aromatic carbocycles. The molecule has 18 heavy (non-hydrogen) atoms. The third-order valence-electron chi connectivity index (χ3n) is 3.15. The smallest absolute Gasteiger partial charge is 0.194 e. The number of hydrogen-bond donors (Lipinski definition) is 0. The number of rotatable bonds is 1. The molecule has 2 nitrogen and oxygen atoms in total. The van der Waals surface area contributed by atoms with E-state index in [0.29, 0.717) is 5.39 Å². The van der Waals surface area contributed by atoms with Crippen LogP contribution in [0.25, 0.3) is 21.5 Å². The van der Waals surface area contributed by atoms with E-state index in [1.165, 1.54) is 0 Å². The van der Waals surface area contributed by atoms with Gasteiger partial charge in [0.05, 0.1) is 7.11 Å². The summed E-state index contributed by atoms with van der Waals surface area (Å²) in [5, 5.41) is 3.16. The molecule has 0 bridgehead atoms. The summed E-state index contributed by atoms with van der Waals surface area (Å²) < 4.78 is 5.41. The maximum absolute atomic E-state index is 12.5. The summed E-state index contributed by atoms with van der Waals surface area (Å²) in [5.74, 6) is 0.726. The number of methoxy groups -OCH3 is 1. The van der Waals surface area contributed by atoms with Crippen LogP contribution < -0.4 is 10.2 Å². The van der Waals surface area contributed by atoms with Gasteiger partial charge < -0.3 is 4.74 Å². The van der Waals surface area contributed by atoms with Gasteiger partial charge in [-0.05, 0) is 11.5 Å². The van der Waals surface area contributed by atoms with E-state index >= 15 is 0 Å². The first kappa shape index (κ1) is 10.8. The lowest BCUT2D eigenvalue weighted by Crippen LogP contribution is -1.97. The topological polar surface area (TPSA) is 26.3 Å². The van der Waals surface area contributed by atoms with Crippen LogP contribution in [0.15, 0.2) is 59.4 Å². The highest BCUT2D eigenvalue weighted by Crippen LogP contribution is 2.25. The number of hydrogen-bond acceptors (Lipinski definition) is 2. The minimum absolute atomic E-state index is 0.0458. The fourth-order valence-corrected chi connectivity index (χ4v) is 2.26. The molecule has 0 fully saturated rings. The van der Waals surface area contributed by atoms with Gasteiger partial charge in [0, 0.05) is 16.2 Å². The molecule has 0 aliphatic rings. The van der Waals surface area contributed by atoms with Crippen LogP contribution in [-0.4, -0.2) is 7.11 Å². The molecule has 0 spiro atoms. The molecule has 2 heteroatoms. The molecule has 0 aliphatic carbocycles. The van der Waals surface area contributed by atoms with Crippen LogP contribution in [0, 0.1) is 0 Å². The van der Waals surface area contributed by atoms with Crippen molar-refractivity contribution in [3.05, 3.63) is 64.8 Å². The predicted octanol–water partition coefficient (Wildman–Crippen LogP) is 3.36. The first-order valence-corrected chi connectivity index (χ1v) is 5.80. The van der Waals surface area contributed by atoms with Gasteiger partial charge in [0.15, 0.2) is 5.43 Å². The molecule has 0 aliphatic heterocycles. The second-order valence-electron chi connectivity index (χ2n) is 4.17. The van der Waals surface area contributed by atoms with Crippen LogP contribution in [0.5, 0.6) is 5.75 Å². The normalized spacial score (nSPS) is 10.7. The Morgan fingerprint density at radius 1 is 0.833 bits per heavy atom. The summed E-state index contributed by atoms with van der Waals surface area (Å²) in [6, 6.07) is 17.0. The minimum Gasteiger partial charge on any atom is -0.496 e. The Kier molecular flexibility index (Phi) is 2.49. The van der Waals surface area contributed by atoms with Crippen molar-refractivity contribution in [2.75, 3.05) is 7.11 Å². The average Bonchev–Trinajstić information content (AvgIpc) is 2.55. The van der Waals surface area contributed by atoms with E-state index in [0.717, 1.165) is 21.9 Å². The molecule has 0 aromatic heterocycles. The molecule has 0 atom stereocenters. The Balaban J connectivity index is 2.69. The molecular formula is C16H12O2. The Morgan fingerprint density at radius 2 is 1.44 bits per heavy atom. The zero-order valence-corrected chi connectivity index (χ0v) is 10.0. The van der Waals surface area contributed by atoms with Crippen LogP contribution in [0.2, 0.25) is 0 Å². The van der Waals surface area contributed by atoms with Gasteiger partial charge in [-0.3, -0.25) is 4.79 Å². The average molecular weight is 236 g/mol. The van der Waals surface area contributed by atoms with Crippen molar-refractivity contribution in [2.24, 2.45) is 0 Å². The minimum atomic E-state index is 0.0458. The van der Waals surface area contributed by atoms with Gasteiger partial charge >= 0.3 is 0 Å². The van der Waals surface area contributed by atoms with Crippen molar-refractivity contribution in [2.45, 2.75) is 0 Å². The fourth-order valence-electron chi connectivity index (χ4n) is 2.26. The van der Waals surface area contributed by atoms with Crippen LogP contribution in [-0.2, 0) is 0 Å². The molecule has 0 radical (unpaired) electrons. The highest BCUT2D eigenvalue weighted by atomic mass is 16.5. The molecule has 0 amide bonds. The van der Waals surface area contributed by atoms with Gasteiger partial charge in [-0.1, -0.05) is 48.5 Å². The summed E-state index contributed by atoms with van der Waals surface area (Å²) in [5.41, 5.74) is 0.0458. The van der Waals surface area contributed by atoms with E-state index in [2.05, 4.69) is 0 Å². The number of benzene rings is 2. The number of ether oxygens (including phenoxy) is 1. The molecule has 88 valence electrons. The van der Waals surface area contributed by atoms with Crippen LogP contribution in [0.4, 0.5) is 0 Å². The number of fused-ring (bicyclic) bond motifs is 2. The lowest BCUT2D eigenvalue weighted by atomic mass is 10.1. The third-order valence-corrected chi connectivity index (χ3v) is 3.15. The molecule has 0 saturated heterocycles. The molecule has 3 rings (SSSR count). The van der Waals surface area contributed by atoms with E-state index in [1.54, 1.807) is 7.11 Å². The predicted molar refractivity (Wildman–Crippen MR) is 74.3 cm³/mol. The summed E-state index contributed by atoms with van der Waals surface area (Å²) in [4.78, 5) is 12.5. The van der Waals surface area contributed by atoms with Crippen LogP contribution in [0.1, 0.15) is 0 Å². The van der Waals surface area contributed by atoms with Crippen molar-refractivity contribution in [1.29, 1.82) is 0 Å². The van der Waals surface area contributed by atoms with Crippen molar-refractivity contribution < 1.29 is 4.74 Å². The van der Waals surface area contributed by atoms with Crippen molar-refractivity contribution in [3.63, 3.8) is 0 Å². The lowest BCUT2D eigenvalue weighted by molar-refractivity contribution is 0.420. The van der Waals surface area contributed by atoms with Crippen LogP contribution >= 0.6 is 0 Å². The maximum atomic E-state index is 12.5. The summed E-state index contributed by atoms with van der Waals surface area (Å²) in [7, 11) is 1.63. The van der Waals surface area contributed by atoms with Gasteiger partial charge in [0.1, 0.15) is 5.75 Å². The second kappa shape index (κ2) is 4.15.